The molecule has 3 aromatic carbocycles. The molecule has 0 heteroatoms. The van der Waals surface area contributed by atoms with Gasteiger partial charge in [0.25, 0.3) is 0 Å². The molecule has 0 atom stereocenters. The largest absolute Gasteiger partial charge is 0.0984 e. The smallest absolute Gasteiger partial charge is 0.0111 e. The average molecular weight is 296 g/mol. The predicted octanol–water partition coefficient (Wildman–Crippen LogP) is 4.69. The van der Waals surface area contributed by atoms with Gasteiger partial charge in [-0.3, -0.25) is 0 Å². The summed E-state index contributed by atoms with van der Waals surface area (Å²) in [5, 5.41) is 4.97. The Morgan fingerprint density at radius 3 is 2.43 bits per heavy atom. The molecule has 0 aliphatic carbocycles. The van der Waals surface area contributed by atoms with Crippen molar-refractivity contribution in [3.63, 3.8) is 0 Å². The van der Waals surface area contributed by atoms with Crippen molar-refractivity contribution in [2.45, 2.75) is 6.92 Å². The molecular weight excluding hydrogens is 276 g/mol. The van der Waals surface area contributed by atoms with E-state index in [2.05, 4.69) is 98.5 Å². The maximum Gasteiger partial charge on any atom is -0.0111 e. The van der Waals surface area contributed by atoms with Crippen LogP contribution in [-0.4, -0.2) is 0 Å². The third kappa shape index (κ3) is 3.17. The maximum atomic E-state index is 3.99. The van der Waals surface area contributed by atoms with Gasteiger partial charge in [0.05, 0.1) is 0 Å². The molecule has 0 spiro atoms. The Kier molecular flexibility index (Phi) is 4.54. The number of benzene rings is 3. The Hall–Kier alpha value is -2.86. The Labute approximate surface area is 137 Å². The summed E-state index contributed by atoms with van der Waals surface area (Å²) in [5.41, 5.74) is 2.35. The van der Waals surface area contributed by atoms with Crippen LogP contribution < -0.4 is 10.4 Å². The molecular formula is C23H20. The summed E-state index contributed by atoms with van der Waals surface area (Å²) in [6.07, 6.45) is 8.37. The Morgan fingerprint density at radius 2 is 1.61 bits per heavy atom. The second-order valence-electron chi connectivity index (χ2n) is 5.44. The lowest BCUT2D eigenvalue weighted by Gasteiger charge is -2.02. The average Bonchev–Trinajstić information content (AvgIpc) is 2.62. The molecule has 0 aliphatic heterocycles. The quantitative estimate of drug-likeness (QED) is 0.658. The summed E-state index contributed by atoms with van der Waals surface area (Å²) in [7, 11) is 0. The number of hydrogen-bond donors (Lipinski definition) is 0. The number of fused-ring (bicyclic) bond motifs is 1. The first-order chi connectivity index (χ1) is 11.3. The molecule has 0 heterocycles. The third-order valence-corrected chi connectivity index (χ3v) is 4.07. The highest BCUT2D eigenvalue weighted by Crippen LogP contribution is 2.20. The van der Waals surface area contributed by atoms with Crippen molar-refractivity contribution in [1.29, 1.82) is 0 Å². The lowest BCUT2D eigenvalue weighted by molar-refractivity contribution is 1.49. The molecule has 3 rings (SSSR count). The molecule has 0 fully saturated rings. The van der Waals surface area contributed by atoms with Crippen LogP contribution in [0.25, 0.3) is 28.5 Å². The van der Waals surface area contributed by atoms with E-state index in [0.29, 0.717) is 0 Å². The summed E-state index contributed by atoms with van der Waals surface area (Å²) in [6.45, 7) is 6.05. The van der Waals surface area contributed by atoms with Crippen molar-refractivity contribution in [1.82, 2.24) is 0 Å². The molecule has 0 unspecified atom stereocenters. The molecule has 0 amide bonds. The van der Waals surface area contributed by atoms with Crippen LogP contribution in [0.3, 0.4) is 0 Å². The summed E-state index contributed by atoms with van der Waals surface area (Å²) in [5.74, 6) is 0. The van der Waals surface area contributed by atoms with E-state index in [4.69, 9.17) is 0 Å². The topological polar surface area (TPSA) is 0 Å². The van der Waals surface area contributed by atoms with Crippen LogP contribution in [0.2, 0.25) is 0 Å². The fourth-order valence-corrected chi connectivity index (χ4v) is 2.85. The van der Waals surface area contributed by atoms with Crippen molar-refractivity contribution < 1.29 is 0 Å². The van der Waals surface area contributed by atoms with Gasteiger partial charge in [-0.15, -0.1) is 0 Å². The van der Waals surface area contributed by atoms with Crippen LogP contribution in [0, 0.1) is 0 Å². The van der Waals surface area contributed by atoms with E-state index in [-0.39, 0.29) is 0 Å². The van der Waals surface area contributed by atoms with Gasteiger partial charge in [-0.25, -0.2) is 0 Å². The lowest BCUT2D eigenvalue weighted by Crippen LogP contribution is -2.25. The van der Waals surface area contributed by atoms with Crippen LogP contribution in [0.5, 0.6) is 0 Å². The number of allylic oxidation sites excluding steroid dienone is 2. The van der Waals surface area contributed by atoms with Gasteiger partial charge >= 0.3 is 0 Å². The highest BCUT2D eigenvalue weighted by Gasteiger charge is 1.97. The van der Waals surface area contributed by atoms with Gasteiger partial charge in [-0.2, -0.15) is 0 Å². The normalized spacial score (nSPS) is 13.5. The summed E-state index contributed by atoms with van der Waals surface area (Å²) in [6, 6.07) is 23.3. The minimum Gasteiger partial charge on any atom is -0.0984 e. The molecule has 0 saturated carbocycles. The van der Waals surface area contributed by atoms with Gasteiger partial charge in [0.15, 0.2) is 0 Å². The van der Waals surface area contributed by atoms with Crippen LogP contribution in [-0.2, 0) is 0 Å². The van der Waals surface area contributed by atoms with Crippen molar-refractivity contribution in [2.24, 2.45) is 0 Å². The first kappa shape index (κ1) is 15.1. The maximum absolute atomic E-state index is 3.99. The molecule has 0 aromatic heterocycles. The van der Waals surface area contributed by atoms with E-state index in [0.717, 1.165) is 5.57 Å². The fourth-order valence-electron chi connectivity index (χ4n) is 2.85. The summed E-state index contributed by atoms with van der Waals surface area (Å²) < 4.78 is 0. The summed E-state index contributed by atoms with van der Waals surface area (Å²) in [4.78, 5) is 0. The molecule has 0 N–H and O–H groups in total. The van der Waals surface area contributed by atoms with Crippen molar-refractivity contribution in [2.75, 3.05) is 0 Å². The highest BCUT2D eigenvalue weighted by molar-refractivity contribution is 5.91. The Balaban J connectivity index is 2.16. The van der Waals surface area contributed by atoms with E-state index < -0.39 is 0 Å². The van der Waals surface area contributed by atoms with Gasteiger partial charge in [-0.05, 0) is 39.3 Å². The second kappa shape index (κ2) is 6.93. The lowest BCUT2D eigenvalue weighted by atomic mass is 10.0. The van der Waals surface area contributed by atoms with Gasteiger partial charge in [0, 0.05) is 0 Å². The second-order valence-corrected chi connectivity index (χ2v) is 5.44. The summed E-state index contributed by atoms with van der Waals surface area (Å²) >= 11 is 0. The van der Waals surface area contributed by atoms with Gasteiger partial charge in [0.1, 0.15) is 0 Å². The van der Waals surface area contributed by atoms with Gasteiger partial charge in [0.2, 0.25) is 0 Å². The van der Waals surface area contributed by atoms with Crippen LogP contribution in [0.1, 0.15) is 12.5 Å². The van der Waals surface area contributed by atoms with E-state index >= 15 is 0 Å². The molecule has 0 saturated heterocycles. The highest BCUT2D eigenvalue weighted by atomic mass is 14.0. The SMILES string of the molecule is C=CC(/C=C/c1cccc2ccccc12)=c1/cccc/c1=C/C. The molecule has 0 radical (unpaired) electrons. The zero-order valence-corrected chi connectivity index (χ0v) is 13.4. The Bertz CT molecular complexity index is 982. The predicted molar refractivity (Wildman–Crippen MR) is 102 cm³/mol. The van der Waals surface area contributed by atoms with E-state index in [1.807, 2.05) is 6.08 Å². The first-order valence-corrected chi connectivity index (χ1v) is 7.87. The minimum absolute atomic E-state index is 1.13. The first-order valence-electron chi connectivity index (χ1n) is 7.87. The zero-order valence-electron chi connectivity index (χ0n) is 13.4. The Morgan fingerprint density at radius 1 is 0.870 bits per heavy atom. The molecule has 23 heavy (non-hydrogen) atoms. The van der Waals surface area contributed by atoms with Crippen molar-refractivity contribution in [3.8, 4) is 0 Å². The monoisotopic (exact) mass is 296 g/mol. The molecule has 0 bridgehead atoms. The molecule has 0 nitrogen and oxygen atoms in total. The van der Waals surface area contributed by atoms with E-state index in [9.17, 15) is 0 Å². The van der Waals surface area contributed by atoms with Crippen LogP contribution >= 0.6 is 0 Å². The standard InChI is InChI=1S/C23H20/c1-3-18-10-5-7-14-22(18)19(4-2)16-17-21-13-9-12-20-11-6-8-15-23(20)21/h3-17H,2H2,1H3/b17-16+,18-3-,22-19+. The third-order valence-electron chi connectivity index (χ3n) is 4.07. The van der Waals surface area contributed by atoms with Crippen LogP contribution in [0.4, 0.5) is 0 Å². The fraction of sp³-hybridized carbons (Fsp3) is 0.0435. The number of rotatable bonds is 3. The molecule has 3 aromatic rings. The van der Waals surface area contributed by atoms with Crippen molar-refractivity contribution in [3.05, 3.63) is 101 Å². The van der Waals surface area contributed by atoms with Crippen molar-refractivity contribution >= 4 is 28.5 Å². The van der Waals surface area contributed by atoms with Gasteiger partial charge in [-0.1, -0.05) is 97.6 Å². The van der Waals surface area contributed by atoms with E-state index in [1.165, 1.54) is 26.8 Å². The molecule has 0 aliphatic rings. The minimum atomic E-state index is 1.13. The molecule has 112 valence electrons. The van der Waals surface area contributed by atoms with E-state index in [1.54, 1.807) is 0 Å². The number of hydrogen-bond acceptors (Lipinski definition) is 0. The zero-order chi connectivity index (χ0) is 16.1. The van der Waals surface area contributed by atoms with Crippen LogP contribution in [0.15, 0.2) is 85.5 Å². The van der Waals surface area contributed by atoms with Gasteiger partial charge < -0.3 is 0 Å².